The topological polar surface area (TPSA) is 46.1 Å². The van der Waals surface area contributed by atoms with Gasteiger partial charge in [0.1, 0.15) is 6.10 Å². The first-order valence-electron chi connectivity index (χ1n) is 8.80. The van der Waals surface area contributed by atoms with Gasteiger partial charge in [-0.1, -0.05) is 27.5 Å². The third-order valence-electron chi connectivity index (χ3n) is 4.67. The largest absolute Gasteiger partial charge is 0.375 e. The van der Waals surface area contributed by atoms with Crippen LogP contribution in [-0.4, -0.2) is 63.0 Å². The lowest BCUT2D eigenvalue weighted by Gasteiger charge is -2.37. The lowest BCUT2D eigenvalue weighted by atomic mass is 10.1. The van der Waals surface area contributed by atoms with Crippen molar-refractivity contribution in [2.45, 2.75) is 31.5 Å². The molecule has 146 valence electrons. The third-order valence-corrected chi connectivity index (χ3v) is 5.68. The monoisotopic (exact) mass is 557 g/mol. The molecule has 0 radical (unpaired) electrons. The quantitative estimate of drug-likeness (QED) is 0.348. The van der Waals surface area contributed by atoms with Crippen LogP contribution in [0.15, 0.2) is 27.7 Å². The van der Waals surface area contributed by atoms with Gasteiger partial charge < -0.3 is 19.7 Å². The molecule has 0 bridgehead atoms. The third kappa shape index (κ3) is 5.95. The summed E-state index contributed by atoms with van der Waals surface area (Å²) in [6, 6.07) is 5.87. The summed E-state index contributed by atoms with van der Waals surface area (Å²) in [7, 11) is 1.83. The minimum Gasteiger partial charge on any atom is -0.375 e. The van der Waals surface area contributed by atoms with Crippen LogP contribution in [0.3, 0.4) is 0 Å². The lowest BCUT2D eigenvalue weighted by molar-refractivity contribution is -0.0816. The molecule has 2 saturated heterocycles. The second-order valence-corrected chi connectivity index (χ2v) is 7.66. The van der Waals surface area contributed by atoms with Crippen LogP contribution in [0.4, 0.5) is 0 Å². The van der Waals surface area contributed by atoms with Gasteiger partial charge in [-0.2, -0.15) is 0 Å². The first-order valence-corrected chi connectivity index (χ1v) is 9.97. The average molecular weight is 559 g/mol. The second-order valence-electron chi connectivity index (χ2n) is 6.37. The zero-order valence-electron chi connectivity index (χ0n) is 14.9. The Morgan fingerprint density at radius 2 is 2.15 bits per heavy atom. The Morgan fingerprint density at radius 1 is 1.35 bits per heavy atom. The van der Waals surface area contributed by atoms with Crippen LogP contribution in [0.25, 0.3) is 0 Å². The Kier molecular flexibility index (Phi) is 9.43. The summed E-state index contributed by atoms with van der Waals surface area (Å²) in [6.45, 7) is 4.04. The van der Waals surface area contributed by atoms with Crippen molar-refractivity contribution in [1.82, 2.24) is 10.2 Å². The molecule has 5 nitrogen and oxygen atoms in total. The molecule has 26 heavy (non-hydrogen) atoms. The van der Waals surface area contributed by atoms with Gasteiger partial charge in [-0.25, -0.2) is 0 Å². The average Bonchev–Trinajstić information content (AvgIpc) is 3.16. The maximum atomic E-state index is 6.09. The summed E-state index contributed by atoms with van der Waals surface area (Å²) >= 11 is 9.67. The number of nitrogens with one attached hydrogen (secondary N) is 1. The molecule has 0 amide bonds. The van der Waals surface area contributed by atoms with Gasteiger partial charge in [0, 0.05) is 42.8 Å². The fraction of sp³-hybridized carbons (Fsp3) is 0.611. The number of hydrogen-bond acceptors (Lipinski definition) is 3. The van der Waals surface area contributed by atoms with E-state index in [-0.39, 0.29) is 36.2 Å². The molecule has 0 spiro atoms. The Labute approximate surface area is 186 Å². The van der Waals surface area contributed by atoms with Gasteiger partial charge in [0.15, 0.2) is 5.96 Å². The smallest absolute Gasteiger partial charge is 0.193 e. The Morgan fingerprint density at radius 3 is 2.88 bits per heavy atom. The van der Waals surface area contributed by atoms with Gasteiger partial charge in [-0.3, -0.25) is 4.99 Å². The zero-order valence-corrected chi connectivity index (χ0v) is 19.6. The maximum Gasteiger partial charge on any atom is 0.193 e. The molecule has 3 rings (SSSR count). The van der Waals surface area contributed by atoms with Gasteiger partial charge in [-0.05, 0) is 43.0 Å². The summed E-state index contributed by atoms with van der Waals surface area (Å²) in [4.78, 5) is 6.71. The fourth-order valence-electron chi connectivity index (χ4n) is 3.36. The van der Waals surface area contributed by atoms with Gasteiger partial charge in [0.2, 0.25) is 0 Å². The van der Waals surface area contributed by atoms with E-state index < -0.39 is 0 Å². The van der Waals surface area contributed by atoms with E-state index in [2.05, 4.69) is 31.1 Å². The van der Waals surface area contributed by atoms with Crippen molar-refractivity contribution >= 4 is 57.5 Å². The molecule has 0 saturated carbocycles. The highest BCUT2D eigenvalue weighted by molar-refractivity contribution is 14.0. The van der Waals surface area contributed by atoms with Gasteiger partial charge in [-0.15, -0.1) is 24.0 Å². The first-order chi connectivity index (χ1) is 12.2. The van der Waals surface area contributed by atoms with Crippen molar-refractivity contribution in [2.24, 2.45) is 4.99 Å². The number of hydrogen-bond donors (Lipinski definition) is 1. The van der Waals surface area contributed by atoms with E-state index in [0.29, 0.717) is 6.61 Å². The van der Waals surface area contributed by atoms with Gasteiger partial charge in [0.05, 0.1) is 12.7 Å². The molecule has 0 aliphatic carbocycles. The molecule has 2 atom stereocenters. The minimum absolute atomic E-state index is 0. The summed E-state index contributed by atoms with van der Waals surface area (Å²) in [6.07, 6.45) is 3.46. The molecule has 2 aliphatic rings. The van der Waals surface area contributed by atoms with E-state index in [4.69, 9.17) is 21.1 Å². The molecule has 1 N–H and O–H groups in total. The number of ether oxygens (including phenoxy) is 2. The first kappa shape index (κ1) is 22.2. The van der Waals surface area contributed by atoms with Gasteiger partial charge >= 0.3 is 0 Å². The summed E-state index contributed by atoms with van der Waals surface area (Å²) in [5.41, 5.74) is 1.19. The minimum atomic E-state index is 0. The number of aliphatic imine (C=N–C) groups is 1. The maximum absolute atomic E-state index is 6.09. The number of morpholine rings is 1. The van der Waals surface area contributed by atoms with Crippen molar-refractivity contribution in [3.63, 3.8) is 0 Å². The van der Waals surface area contributed by atoms with Crippen molar-refractivity contribution in [2.75, 3.05) is 39.9 Å². The number of rotatable bonds is 4. The molecular formula is C18H26BrClIN3O2. The van der Waals surface area contributed by atoms with Crippen molar-refractivity contribution < 1.29 is 9.47 Å². The SMILES string of the molecule is CN=C(NCCc1cc(Cl)ccc1Br)N1CCOC(C2CCCO2)C1.I. The lowest BCUT2D eigenvalue weighted by Crippen LogP contribution is -2.53. The van der Waals surface area contributed by atoms with Crippen LogP contribution in [0.1, 0.15) is 18.4 Å². The number of guanidine groups is 1. The highest BCUT2D eigenvalue weighted by Gasteiger charge is 2.32. The van der Waals surface area contributed by atoms with Crippen LogP contribution < -0.4 is 5.32 Å². The standard InChI is InChI=1S/C18H25BrClN3O2.HI/c1-21-18(22-7-6-13-11-14(20)4-5-15(13)19)23-8-10-25-17(12-23)16-3-2-9-24-16;/h4-5,11,16-17H,2-3,6-10,12H2,1H3,(H,21,22);1H. The summed E-state index contributed by atoms with van der Waals surface area (Å²) in [5.74, 6) is 0.921. The van der Waals surface area contributed by atoms with E-state index >= 15 is 0 Å². The van der Waals surface area contributed by atoms with E-state index in [1.165, 1.54) is 5.56 Å². The molecule has 2 heterocycles. The molecule has 2 unspecified atom stereocenters. The molecule has 1 aromatic carbocycles. The van der Waals surface area contributed by atoms with E-state index in [9.17, 15) is 0 Å². The molecule has 0 aromatic heterocycles. The van der Waals surface area contributed by atoms with Crippen LogP contribution >= 0.6 is 51.5 Å². The molecular weight excluding hydrogens is 532 g/mol. The van der Waals surface area contributed by atoms with Crippen LogP contribution in [0, 0.1) is 0 Å². The van der Waals surface area contributed by atoms with Crippen LogP contribution in [0.5, 0.6) is 0 Å². The second kappa shape index (κ2) is 11.0. The highest BCUT2D eigenvalue weighted by atomic mass is 127. The molecule has 8 heteroatoms. The van der Waals surface area contributed by atoms with Crippen molar-refractivity contribution in [3.05, 3.63) is 33.3 Å². The Balaban J connectivity index is 0.00000243. The Bertz CT molecular complexity index is 614. The van der Waals surface area contributed by atoms with E-state index in [0.717, 1.165) is 61.0 Å². The Hall–Kier alpha value is -0.0900. The fourth-order valence-corrected chi connectivity index (χ4v) is 4.00. The van der Waals surface area contributed by atoms with Gasteiger partial charge in [0.25, 0.3) is 0 Å². The van der Waals surface area contributed by atoms with E-state index in [1.54, 1.807) is 0 Å². The zero-order chi connectivity index (χ0) is 17.6. The number of nitrogens with zero attached hydrogens (tertiary/aromatic N) is 2. The predicted octanol–water partition coefficient (Wildman–Crippen LogP) is 3.72. The number of halogens is 3. The molecule has 2 fully saturated rings. The van der Waals surface area contributed by atoms with Crippen LogP contribution in [0.2, 0.25) is 5.02 Å². The molecule has 2 aliphatic heterocycles. The molecule has 1 aromatic rings. The van der Waals surface area contributed by atoms with Crippen LogP contribution in [-0.2, 0) is 15.9 Å². The van der Waals surface area contributed by atoms with E-state index in [1.807, 2.05) is 25.2 Å². The predicted molar refractivity (Wildman–Crippen MR) is 120 cm³/mol. The normalized spacial score (nSPS) is 23.7. The summed E-state index contributed by atoms with van der Waals surface area (Å²) in [5, 5.41) is 4.22. The van der Waals surface area contributed by atoms with Crippen molar-refractivity contribution in [1.29, 1.82) is 0 Å². The highest BCUT2D eigenvalue weighted by Crippen LogP contribution is 2.22. The van der Waals surface area contributed by atoms with Crippen molar-refractivity contribution in [3.8, 4) is 0 Å². The summed E-state index contributed by atoms with van der Waals surface area (Å²) < 4.78 is 12.8. The number of benzene rings is 1.